The molecule has 8 nitrogen and oxygen atoms in total. The molecule has 3 N–H and O–H groups in total. The summed E-state index contributed by atoms with van der Waals surface area (Å²) in [6.07, 6.45) is 6.02. The molecule has 1 aliphatic rings. The van der Waals surface area contributed by atoms with Gasteiger partial charge in [-0.2, -0.15) is 0 Å². The van der Waals surface area contributed by atoms with Crippen molar-refractivity contribution in [3.63, 3.8) is 0 Å². The van der Waals surface area contributed by atoms with Gasteiger partial charge in [0.2, 0.25) is 0 Å². The van der Waals surface area contributed by atoms with Gasteiger partial charge in [-0.25, -0.2) is 5.48 Å². The lowest BCUT2D eigenvalue weighted by Crippen LogP contribution is -2.52. The van der Waals surface area contributed by atoms with Gasteiger partial charge in [-0.15, -0.1) is 0 Å². The minimum atomic E-state index is -0.599. The average molecular weight is 427 g/mol. The monoisotopic (exact) mass is 426 g/mol. The van der Waals surface area contributed by atoms with E-state index < -0.39 is 11.9 Å². The van der Waals surface area contributed by atoms with Crippen LogP contribution in [-0.2, 0) is 11.4 Å². The van der Waals surface area contributed by atoms with E-state index >= 15 is 0 Å². The number of nitrogens with zero attached hydrogens (tertiary/aromatic N) is 2. The first-order valence-corrected chi connectivity index (χ1v) is 10.7. The van der Waals surface area contributed by atoms with Crippen LogP contribution in [0.3, 0.4) is 0 Å². The molecule has 2 aromatic rings. The number of hydrogen-bond acceptors (Lipinski definition) is 6. The zero-order valence-electron chi connectivity index (χ0n) is 17.8. The van der Waals surface area contributed by atoms with Crippen molar-refractivity contribution >= 4 is 11.8 Å². The third-order valence-corrected chi connectivity index (χ3v) is 5.43. The van der Waals surface area contributed by atoms with Gasteiger partial charge in [0.1, 0.15) is 18.4 Å². The number of aromatic nitrogens is 1. The van der Waals surface area contributed by atoms with Crippen molar-refractivity contribution in [3.05, 3.63) is 59.4 Å². The largest absolute Gasteiger partial charge is 0.489 e. The number of likely N-dealkylation sites (tertiary alicyclic amines) is 1. The molecule has 166 valence electrons. The molecule has 1 atom stereocenters. The molecule has 1 saturated heterocycles. The third kappa shape index (κ3) is 6.77. The summed E-state index contributed by atoms with van der Waals surface area (Å²) >= 11 is 0. The minimum Gasteiger partial charge on any atom is -0.489 e. The zero-order chi connectivity index (χ0) is 22.1. The van der Waals surface area contributed by atoms with Gasteiger partial charge < -0.3 is 10.1 Å². The highest BCUT2D eigenvalue weighted by atomic mass is 16.5. The van der Waals surface area contributed by atoms with Gasteiger partial charge >= 0.3 is 0 Å². The number of pyridine rings is 1. The Kier molecular flexibility index (Phi) is 8.37. The number of amides is 2. The third-order valence-electron chi connectivity index (χ3n) is 5.43. The van der Waals surface area contributed by atoms with Crippen LogP contribution in [0.1, 0.15) is 47.3 Å². The first-order chi connectivity index (χ1) is 15.1. The van der Waals surface area contributed by atoms with Gasteiger partial charge in [0.05, 0.1) is 0 Å². The fraction of sp³-hybridized carbons (Fsp3) is 0.435. The van der Waals surface area contributed by atoms with Crippen molar-refractivity contribution < 1.29 is 19.5 Å². The van der Waals surface area contributed by atoms with E-state index in [0.29, 0.717) is 17.9 Å². The summed E-state index contributed by atoms with van der Waals surface area (Å²) in [5, 5.41) is 11.9. The van der Waals surface area contributed by atoms with Crippen molar-refractivity contribution in [1.82, 2.24) is 20.7 Å². The van der Waals surface area contributed by atoms with Crippen molar-refractivity contribution in [2.75, 3.05) is 19.6 Å². The van der Waals surface area contributed by atoms with Crippen molar-refractivity contribution in [2.24, 2.45) is 0 Å². The fourth-order valence-electron chi connectivity index (χ4n) is 3.72. The number of nitrogens with one attached hydrogen (secondary N) is 2. The van der Waals surface area contributed by atoms with Crippen LogP contribution in [-0.4, -0.2) is 52.6 Å². The van der Waals surface area contributed by atoms with Crippen LogP contribution >= 0.6 is 0 Å². The standard InChI is InChI=1S/C23H30N4O4/c1-17-14-18(10-11-24-17)16-31-20-8-6-19(7-9-20)22(28)25-15-21(23(29)26-30)27-12-4-2-3-5-13-27/h6-11,14,21,30H,2-5,12-13,15-16H2,1H3,(H,25,28)(H,26,29). The summed E-state index contributed by atoms with van der Waals surface area (Å²) < 4.78 is 5.77. The Balaban J connectivity index is 1.54. The second-order valence-electron chi connectivity index (χ2n) is 7.77. The molecule has 1 unspecified atom stereocenters. The second kappa shape index (κ2) is 11.4. The molecule has 0 radical (unpaired) electrons. The minimum absolute atomic E-state index is 0.130. The van der Waals surface area contributed by atoms with Gasteiger partial charge in [-0.3, -0.25) is 24.7 Å². The molecule has 1 fully saturated rings. The summed E-state index contributed by atoms with van der Waals surface area (Å²) in [4.78, 5) is 30.9. The predicted molar refractivity (Wildman–Crippen MR) is 116 cm³/mol. The van der Waals surface area contributed by atoms with Gasteiger partial charge in [0.25, 0.3) is 11.8 Å². The van der Waals surface area contributed by atoms with E-state index in [1.54, 1.807) is 35.9 Å². The molecule has 0 spiro atoms. The molecule has 0 bridgehead atoms. The molecule has 3 rings (SSSR count). The predicted octanol–water partition coefficient (Wildman–Crippen LogP) is 2.45. The van der Waals surface area contributed by atoms with Crippen molar-refractivity contribution in [1.29, 1.82) is 0 Å². The molecule has 0 aliphatic carbocycles. The lowest BCUT2D eigenvalue weighted by molar-refractivity contribution is -0.134. The fourth-order valence-corrected chi connectivity index (χ4v) is 3.72. The van der Waals surface area contributed by atoms with E-state index in [2.05, 4.69) is 10.3 Å². The molecule has 2 amide bonds. The molecule has 0 saturated carbocycles. The Bertz CT molecular complexity index is 864. The smallest absolute Gasteiger partial charge is 0.262 e. The summed E-state index contributed by atoms with van der Waals surface area (Å²) in [5.41, 5.74) is 4.17. The van der Waals surface area contributed by atoms with Gasteiger partial charge in [0, 0.05) is 24.0 Å². The SMILES string of the molecule is Cc1cc(COc2ccc(C(=O)NCC(C(=O)NO)N3CCCCCC3)cc2)ccn1. The summed E-state index contributed by atoms with van der Waals surface area (Å²) in [6.45, 7) is 4.03. The Labute approximate surface area is 182 Å². The van der Waals surface area contributed by atoms with Gasteiger partial charge in [-0.05, 0) is 74.8 Å². The number of aryl methyl sites for hydroxylation is 1. The lowest BCUT2D eigenvalue weighted by atomic mass is 10.1. The van der Waals surface area contributed by atoms with Crippen molar-refractivity contribution in [2.45, 2.75) is 45.3 Å². The number of ether oxygens (including phenoxy) is 1. The molecule has 2 heterocycles. The molecule has 31 heavy (non-hydrogen) atoms. The number of hydrogen-bond donors (Lipinski definition) is 3. The van der Waals surface area contributed by atoms with Crippen LogP contribution in [0.2, 0.25) is 0 Å². The van der Waals surface area contributed by atoms with Gasteiger partial charge in [0.15, 0.2) is 0 Å². The molecular formula is C23H30N4O4. The number of benzene rings is 1. The molecular weight excluding hydrogens is 396 g/mol. The van der Waals surface area contributed by atoms with Crippen LogP contribution in [0.4, 0.5) is 0 Å². The van der Waals surface area contributed by atoms with Crippen LogP contribution in [0.15, 0.2) is 42.6 Å². The summed E-state index contributed by atoms with van der Waals surface area (Å²) in [6, 6.07) is 10.1. The second-order valence-corrected chi connectivity index (χ2v) is 7.77. The highest BCUT2D eigenvalue weighted by Crippen LogP contribution is 2.15. The number of hydroxylamine groups is 1. The highest BCUT2D eigenvalue weighted by molar-refractivity contribution is 5.94. The summed E-state index contributed by atoms with van der Waals surface area (Å²) in [7, 11) is 0. The van der Waals surface area contributed by atoms with Crippen LogP contribution in [0, 0.1) is 6.92 Å². The zero-order valence-corrected chi connectivity index (χ0v) is 17.8. The molecule has 8 heteroatoms. The van der Waals surface area contributed by atoms with E-state index in [4.69, 9.17) is 9.94 Å². The van der Waals surface area contributed by atoms with Crippen molar-refractivity contribution in [3.8, 4) is 5.75 Å². The summed E-state index contributed by atoms with van der Waals surface area (Å²) in [5.74, 6) is -0.118. The number of rotatable bonds is 8. The Morgan fingerprint density at radius 2 is 1.84 bits per heavy atom. The normalized spacial score (nSPS) is 15.5. The van der Waals surface area contributed by atoms with E-state index in [9.17, 15) is 9.59 Å². The highest BCUT2D eigenvalue weighted by Gasteiger charge is 2.27. The maximum absolute atomic E-state index is 12.6. The molecule has 1 aromatic carbocycles. The van der Waals surface area contributed by atoms with Gasteiger partial charge in [-0.1, -0.05) is 12.8 Å². The Morgan fingerprint density at radius 1 is 1.13 bits per heavy atom. The average Bonchev–Trinajstić information content (AvgIpc) is 3.07. The molecule has 1 aliphatic heterocycles. The van der Waals surface area contributed by atoms with Crippen LogP contribution < -0.4 is 15.5 Å². The molecule has 1 aromatic heterocycles. The van der Waals surface area contributed by atoms with Crippen LogP contribution in [0.25, 0.3) is 0 Å². The quantitative estimate of drug-likeness (QED) is 0.443. The lowest BCUT2D eigenvalue weighted by Gasteiger charge is -2.28. The number of carbonyl (C=O) groups excluding carboxylic acids is 2. The van der Waals surface area contributed by atoms with E-state index in [1.807, 2.05) is 24.0 Å². The maximum atomic E-state index is 12.6. The van der Waals surface area contributed by atoms with Crippen LogP contribution in [0.5, 0.6) is 5.75 Å². The number of carbonyl (C=O) groups is 2. The van der Waals surface area contributed by atoms with E-state index in [1.165, 1.54) is 0 Å². The van der Waals surface area contributed by atoms with E-state index in [-0.39, 0.29) is 12.5 Å². The first kappa shape index (κ1) is 22.7. The Hall–Kier alpha value is -2.97. The first-order valence-electron chi connectivity index (χ1n) is 10.7. The Morgan fingerprint density at radius 3 is 2.48 bits per heavy atom. The van der Waals surface area contributed by atoms with E-state index in [0.717, 1.165) is 50.0 Å². The maximum Gasteiger partial charge on any atom is 0.262 e. The topological polar surface area (TPSA) is 104 Å².